The van der Waals surface area contributed by atoms with Crippen molar-refractivity contribution in [3.63, 3.8) is 0 Å². The quantitative estimate of drug-likeness (QED) is 0.367. The zero-order valence-electron chi connectivity index (χ0n) is 18.8. The lowest BCUT2D eigenvalue weighted by Crippen LogP contribution is -2.39. The van der Waals surface area contributed by atoms with Gasteiger partial charge in [0.05, 0.1) is 24.2 Å². The van der Waals surface area contributed by atoms with Gasteiger partial charge in [-0.2, -0.15) is 0 Å². The van der Waals surface area contributed by atoms with Crippen LogP contribution in [0.3, 0.4) is 0 Å². The topological polar surface area (TPSA) is 115 Å². The van der Waals surface area contributed by atoms with Crippen molar-refractivity contribution in [2.45, 2.75) is 31.5 Å². The number of nitrogens with zero attached hydrogens (tertiary/aromatic N) is 4. The monoisotopic (exact) mass is 476 g/mol. The molecular formula is C24H24N6O3S. The largest absolute Gasteiger partial charge is 0.467 e. The molecule has 0 unspecified atom stereocenters. The Labute approximate surface area is 201 Å². The van der Waals surface area contributed by atoms with E-state index in [1.54, 1.807) is 24.5 Å². The molecule has 174 valence electrons. The van der Waals surface area contributed by atoms with Gasteiger partial charge in [0.25, 0.3) is 0 Å². The Bertz CT molecular complexity index is 1250. The molecule has 0 spiro atoms. The minimum absolute atomic E-state index is 0.0107. The Balaban J connectivity index is 1.52. The summed E-state index contributed by atoms with van der Waals surface area (Å²) in [5, 5.41) is 14.2. The third kappa shape index (κ3) is 5.52. The lowest BCUT2D eigenvalue weighted by Gasteiger charge is -2.16. The highest BCUT2D eigenvalue weighted by atomic mass is 32.2. The molecule has 34 heavy (non-hydrogen) atoms. The number of carbonyl (C=O) groups is 2. The van der Waals surface area contributed by atoms with Crippen LogP contribution >= 0.6 is 11.8 Å². The maximum absolute atomic E-state index is 12.4. The Kier molecular flexibility index (Phi) is 7.38. The first-order chi connectivity index (χ1) is 16.5. The number of hydrogen-bond donors (Lipinski definition) is 2. The van der Waals surface area contributed by atoms with Gasteiger partial charge in [-0.3, -0.25) is 19.7 Å². The third-order valence-electron chi connectivity index (χ3n) is 4.94. The second-order valence-electron chi connectivity index (χ2n) is 7.70. The van der Waals surface area contributed by atoms with Gasteiger partial charge in [0.15, 0.2) is 11.0 Å². The van der Waals surface area contributed by atoms with Crippen LogP contribution in [-0.2, 0) is 11.3 Å². The van der Waals surface area contributed by atoms with Crippen molar-refractivity contribution >= 4 is 23.7 Å². The molecule has 0 saturated carbocycles. The van der Waals surface area contributed by atoms with E-state index in [0.29, 0.717) is 16.7 Å². The van der Waals surface area contributed by atoms with Crippen LogP contribution in [0.2, 0.25) is 0 Å². The molecule has 0 aliphatic carbocycles. The molecule has 3 heterocycles. The van der Waals surface area contributed by atoms with Crippen molar-refractivity contribution < 1.29 is 14.0 Å². The molecule has 4 aromatic rings. The molecule has 1 aromatic carbocycles. The molecule has 0 aliphatic rings. The molecule has 0 atom stereocenters. The molecule has 2 N–H and O–H groups in total. The first-order valence-electron chi connectivity index (χ1n) is 10.7. The van der Waals surface area contributed by atoms with Crippen molar-refractivity contribution in [2.24, 2.45) is 0 Å². The maximum atomic E-state index is 12.4. The van der Waals surface area contributed by atoms with Crippen LogP contribution in [0.25, 0.3) is 17.1 Å². The van der Waals surface area contributed by atoms with Crippen molar-refractivity contribution in [2.75, 3.05) is 5.75 Å². The van der Waals surface area contributed by atoms with Crippen molar-refractivity contribution in [1.29, 1.82) is 0 Å². The molecule has 0 bridgehead atoms. The normalized spacial score (nSPS) is 10.9. The van der Waals surface area contributed by atoms with E-state index < -0.39 is 11.9 Å². The van der Waals surface area contributed by atoms with Gasteiger partial charge in [0, 0.05) is 18.0 Å². The number of nitrogens with one attached hydrogen (secondary N) is 2. The number of hydrogen-bond acceptors (Lipinski definition) is 7. The number of imide groups is 1. The second-order valence-corrected chi connectivity index (χ2v) is 8.64. The van der Waals surface area contributed by atoms with Gasteiger partial charge in [-0.15, -0.1) is 10.2 Å². The number of benzene rings is 1. The number of amides is 3. The van der Waals surface area contributed by atoms with Gasteiger partial charge in [-0.05, 0) is 41.8 Å². The predicted octanol–water partition coefficient (Wildman–Crippen LogP) is 4.16. The highest BCUT2D eigenvalue weighted by Crippen LogP contribution is 2.31. The van der Waals surface area contributed by atoms with Crippen LogP contribution in [0.4, 0.5) is 4.79 Å². The molecule has 4 rings (SSSR count). The van der Waals surface area contributed by atoms with E-state index in [0.717, 1.165) is 16.8 Å². The Morgan fingerprint density at radius 3 is 2.68 bits per heavy atom. The molecular weight excluding hydrogens is 452 g/mol. The zero-order chi connectivity index (χ0) is 23.9. The average molecular weight is 477 g/mol. The van der Waals surface area contributed by atoms with E-state index in [-0.39, 0.29) is 18.2 Å². The molecule has 9 nitrogen and oxygen atoms in total. The standard InChI is InChI=1S/C24H24N6O3S/c1-16(2)19-9-3-4-10-20(19)30-22(17-7-5-11-25-13-17)28-29-24(30)34-15-21(31)27-23(32)26-14-18-8-6-12-33-18/h3-13,16H,14-15H2,1-2H3,(H2,26,27,31,32). The number of furan rings is 1. The van der Waals surface area contributed by atoms with Crippen molar-refractivity contribution in [3.8, 4) is 17.1 Å². The van der Waals surface area contributed by atoms with Crippen LogP contribution in [0.1, 0.15) is 31.1 Å². The van der Waals surface area contributed by atoms with Crippen LogP contribution in [-0.4, -0.2) is 37.4 Å². The summed E-state index contributed by atoms with van der Waals surface area (Å²) in [6.07, 6.45) is 4.94. The smallest absolute Gasteiger partial charge is 0.321 e. The molecule has 0 radical (unpaired) electrons. The van der Waals surface area contributed by atoms with Crippen LogP contribution in [0.15, 0.2) is 76.8 Å². The summed E-state index contributed by atoms with van der Waals surface area (Å²) in [7, 11) is 0. The summed E-state index contributed by atoms with van der Waals surface area (Å²) in [6.45, 7) is 4.43. The SMILES string of the molecule is CC(C)c1ccccc1-n1c(SCC(=O)NC(=O)NCc2ccco2)nnc1-c1cccnc1. The Hall–Kier alpha value is -3.92. The summed E-state index contributed by atoms with van der Waals surface area (Å²) in [5.74, 6) is 1.02. The Morgan fingerprint density at radius 2 is 1.94 bits per heavy atom. The number of aromatic nitrogens is 4. The van der Waals surface area contributed by atoms with Crippen molar-refractivity contribution in [3.05, 3.63) is 78.5 Å². The van der Waals surface area contributed by atoms with Crippen LogP contribution in [0, 0.1) is 0 Å². The number of urea groups is 1. The summed E-state index contributed by atoms with van der Waals surface area (Å²) < 4.78 is 7.09. The third-order valence-corrected chi connectivity index (χ3v) is 5.87. The minimum atomic E-state index is -0.593. The summed E-state index contributed by atoms with van der Waals surface area (Å²) >= 11 is 1.20. The number of pyridine rings is 1. The van der Waals surface area contributed by atoms with Crippen molar-refractivity contribution in [1.82, 2.24) is 30.4 Å². The maximum Gasteiger partial charge on any atom is 0.321 e. The fourth-order valence-corrected chi connectivity index (χ4v) is 4.10. The minimum Gasteiger partial charge on any atom is -0.467 e. The highest BCUT2D eigenvalue weighted by Gasteiger charge is 2.20. The van der Waals surface area contributed by atoms with E-state index in [1.807, 2.05) is 34.9 Å². The molecule has 10 heteroatoms. The predicted molar refractivity (Wildman–Crippen MR) is 128 cm³/mol. The van der Waals surface area contributed by atoms with E-state index in [9.17, 15) is 9.59 Å². The van der Waals surface area contributed by atoms with E-state index >= 15 is 0 Å². The van der Waals surface area contributed by atoms with Gasteiger partial charge < -0.3 is 9.73 Å². The Morgan fingerprint density at radius 1 is 1.09 bits per heavy atom. The van der Waals surface area contributed by atoms with Gasteiger partial charge >= 0.3 is 6.03 Å². The number of thioether (sulfide) groups is 1. The number of rotatable bonds is 8. The summed E-state index contributed by atoms with van der Waals surface area (Å²) in [5.41, 5.74) is 2.86. The first kappa shape index (κ1) is 23.2. The van der Waals surface area contributed by atoms with E-state index in [2.05, 4.69) is 45.7 Å². The van der Waals surface area contributed by atoms with Gasteiger partial charge in [-0.25, -0.2) is 4.79 Å². The molecule has 0 aliphatic heterocycles. The highest BCUT2D eigenvalue weighted by molar-refractivity contribution is 7.99. The van der Waals surface area contributed by atoms with Gasteiger partial charge in [-0.1, -0.05) is 43.8 Å². The summed E-state index contributed by atoms with van der Waals surface area (Å²) in [6, 6.07) is 14.6. The first-order valence-corrected chi connectivity index (χ1v) is 11.7. The molecule has 3 aromatic heterocycles. The lowest BCUT2D eigenvalue weighted by atomic mass is 10.0. The van der Waals surface area contributed by atoms with Gasteiger partial charge in [0.2, 0.25) is 5.91 Å². The molecule has 0 saturated heterocycles. The molecule has 0 fully saturated rings. The van der Waals surface area contributed by atoms with Crippen LogP contribution in [0.5, 0.6) is 0 Å². The fourth-order valence-electron chi connectivity index (χ4n) is 3.36. The van der Waals surface area contributed by atoms with E-state index in [4.69, 9.17) is 4.42 Å². The summed E-state index contributed by atoms with van der Waals surface area (Å²) in [4.78, 5) is 28.6. The fraction of sp³-hybridized carbons (Fsp3) is 0.208. The molecule has 3 amide bonds. The lowest BCUT2D eigenvalue weighted by molar-refractivity contribution is -0.117. The van der Waals surface area contributed by atoms with E-state index in [1.165, 1.54) is 18.0 Å². The van der Waals surface area contributed by atoms with Gasteiger partial charge in [0.1, 0.15) is 5.76 Å². The number of carbonyl (C=O) groups excluding carboxylic acids is 2. The second kappa shape index (κ2) is 10.8. The number of para-hydroxylation sites is 1. The average Bonchev–Trinajstić information content (AvgIpc) is 3.52. The zero-order valence-corrected chi connectivity index (χ0v) is 19.6. The van der Waals surface area contributed by atoms with Crippen LogP contribution < -0.4 is 10.6 Å².